The Morgan fingerprint density at radius 2 is 1.88 bits per heavy atom. The zero-order valence-electron chi connectivity index (χ0n) is 15.6. The van der Waals surface area contributed by atoms with E-state index in [9.17, 15) is 4.79 Å². The maximum atomic E-state index is 13.0. The Kier molecular flexibility index (Phi) is 5.37. The first kappa shape index (κ1) is 18.5. The Morgan fingerprint density at radius 1 is 1.19 bits per heavy atom. The van der Waals surface area contributed by atoms with Gasteiger partial charge in [0.15, 0.2) is 0 Å². The molecule has 3 rings (SSSR count). The van der Waals surface area contributed by atoms with Crippen LogP contribution in [-0.4, -0.2) is 38.8 Å². The van der Waals surface area contributed by atoms with Crippen LogP contribution in [0.15, 0.2) is 30.7 Å². The van der Waals surface area contributed by atoms with Gasteiger partial charge in [-0.25, -0.2) is 4.98 Å². The van der Waals surface area contributed by atoms with E-state index in [4.69, 9.17) is 11.6 Å². The van der Waals surface area contributed by atoms with E-state index in [1.807, 2.05) is 29.4 Å². The van der Waals surface area contributed by atoms with Gasteiger partial charge in [0.1, 0.15) is 11.3 Å². The molecule has 0 radical (unpaired) electrons. The zero-order chi connectivity index (χ0) is 18.8. The number of nitrogens with zero attached hydrogens (tertiary/aromatic N) is 2. The third-order valence-electron chi connectivity index (χ3n) is 4.20. The lowest BCUT2D eigenvalue weighted by Crippen LogP contribution is -2.37. The maximum Gasteiger partial charge on any atom is 0.270 e. The van der Waals surface area contributed by atoms with Gasteiger partial charge < -0.3 is 14.9 Å². The zero-order valence-corrected chi connectivity index (χ0v) is 16.4. The Labute approximate surface area is 158 Å². The van der Waals surface area contributed by atoms with Gasteiger partial charge in [-0.1, -0.05) is 39.3 Å². The minimum atomic E-state index is 0.0224. The summed E-state index contributed by atoms with van der Waals surface area (Å²) in [6.07, 6.45) is 5.31. The summed E-state index contributed by atoms with van der Waals surface area (Å²) in [5.41, 5.74) is 3.13. The van der Waals surface area contributed by atoms with Crippen LogP contribution in [0.4, 0.5) is 0 Å². The van der Waals surface area contributed by atoms with Gasteiger partial charge in [-0.2, -0.15) is 0 Å². The van der Waals surface area contributed by atoms with Crippen molar-refractivity contribution in [2.24, 2.45) is 11.8 Å². The summed E-state index contributed by atoms with van der Waals surface area (Å²) in [7, 11) is 0. The van der Waals surface area contributed by atoms with Gasteiger partial charge in [0.05, 0.1) is 5.02 Å². The number of aromatic amines is 2. The molecule has 3 heterocycles. The van der Waals surface area contributed by atoms with E-state index in [0.29, 0.717) is 22.6 Å². The number of carbonyl (C=O) groups is 1. The fraction of sp³-hybridized carbons (Fsp3) is 0.400. The van der Waals surface area contributed by atoms with E-state index in [1.54, 1.807) is 6.20 Å². The third-order valence-corrected chi connectivity index (χ3v) is 4.49. The first-order chi connectivity index (χ1) is 12.4. The number of fused-ring (bicyclic) bond motifs is 1. The van der Waals surface area contributed by atoms with Gasteiger partial charge in [-0.3, -0.25) is 4.79 Å². The normalized spacial score (nSPS) is 11.7. The summed E-state index contributed by atoms with van der Waals surface area (Å²) in [6.45, 7) is 9.98. The highest BCUT2D eigenvalue weighted by Gasteiger charge is 2.21. The Bertz CT molecular complexity index is 900. The SMILES string of the molecule is CC(C)CN(CC(C)C)C(=O)c1cc(-c2c(Cl)cnc3[nH]ccc23)c[nH]1. The Balaban J connectivity index is 1.94. The number of carbonyl (C=O) groups excluding carboxylic acids is 1. The van der Waals surface area contributed by atoms with Gasteiger partial charge in [0, 0.05) is 48.2 Å². The molecule has 0 spiro atoms. The van der Waals surface area contributed by atoms with Crippen molar-refractivity contribution in [2.45, 2.75) is 27.7 Å². The lowest BCUT2D eigenvalue weighted by atomic mass is 10.1. The number of hydrogen-bond donors (Lipinski definition) is 2. The molecule has 0 bridgehead atoms. The van der Waals surface area contributed by atoms with Crippen LogP contribution < -0.4 is 0 Å². The summed E-state index contributed by atoms with van der Waals surface area (Å²) in [5, 5.41) is 1.51. The molecule has 5 nitrogen and oxygen atoms in total. The maximum absolute atomic E-state index is 13.0. The molecule has 0 unspecified atom stereocenters. The van der Waals surface area contributed by atoms with E-state index >= 15 is 0 Å². The smallest absolute Gasteiger partial charge is 0.270 e. The number of aromatic nitrogens is 3. The number of pyridine rings is 1. The van der Waals surface area contributed by atoms with E-state index < -0.39 is 0 Å². The monoisotopic (exact) mass is 372 g/mol. The molecule has 3 aromatic rings. The highest BCUT2D eigenvalue weighted by Crippen LogP contribution is 2.34. The minimum Gasteiger partial charge on any atom is -0.357 e. The van der Waals surface area contributed by atoms with Crippen molar-refractivity contribution in [3.63, 3.8) is 0 Å². The summed E-state index contributed by atoms with van der Waals surface area (Å²) >= 11 is 6.40. The minimum absolute atomic E-state index is 0.0224. The number of rotatable bonds is 6. The molecular formula is C20H25ClN4O. The molecule has 0 fully saturated rings. The summed E-state index contributed by atoms with van der Waals surface area (Å²) in [4.78, 5) is 25.4. The molecule has 0 saturated carbocycles. The van der Waals surface area contributed by atoms with E-state index in [0.717, 1.165) is 35.2 Å². The molecular weight excluding hydrogens is 348 g/mol. The Morgan fingerprint density at radius 3 is 2.54 bits per heavy atom. The first-order valence-electron chi connectivity index (χ1n) is 8.96. The fourth-order valence-electron chi connectivity index (χ4n) is 3.23. The predicted molar refractivity (Wildman–Crippen MR) is 106 cm³/mol. The molecule has 2 N–H and O–H groups in total. The van der Waals surface area contributed by atoms with Crippen molar-refractivity contribution in [3.8, 4) is 11.1 Å². The quantitative estimate of drug-likeness (QED) is 0.641. The van der Waals surface area contributed by atoms with E-state index in [2.05, 4.69) is 42.6 Å². The summed E-state index contributed by atoms with van der Waals surface area (Å²) in [5.74, 6) is 0.858. The second-order valence-electron chi connectivity index (χ2n) is 7.52. The van der Waals surface area contributed by atoms with E-state index in [-0.39, 0.29) is 5.91 Å². The number of H-pyrrole nitrogens is 2. The standard InChI is InChI=1S/C20H25ClN4O/c1-12(2)10-25(11-13(3)4)20(26)17-7-14(8-23-17)18-15-5-6-22-19(15)24-9-16(18)21/h5-9,12-13,23H,10-11H2,1-4H3,(H,22,24). The topological polar surface area (TPSA) is 64.8 Å². The predicted octanol–water partition coefficient (Wildman–Crippen LogP) is 4.97. The summed E-state index contributed by atoms with van der Waals surface area (Å²) < 4.78 is 0. The van der Waals surface area contributed by atoms with Crippen LogP contribution in [-0.2, 0) is 0 Å². The van der Waals surface area contributed by atoms with Crippen molar-refractivity contribution in [2.75, 3.05) is 13.1 Å². The molecule has 138 valence electrons. The van der Waals surface area contributed by atoms with Crippen LogP contribution in [0.2, 0.25) is 5.02 Å². The van der Waals surface area contributed by atoms with Gasteiger partial charge in [0.25, 0.3) is 5.91 Å². The molecule has 3 aromatic heterocycles. The highest BCUT2D eigenvalue weighted by atomic mass is 35.5. The van der Waals surface area contributed by atoms with Crippen LogP contribution >= 0.6 is 11.6 Å². The van der Waals surface area contributed by atoms with E-state index in [1.165, 1.54) is 0 Å². The summed E-state index contributed by atoms with van der Waals surface area (Å²) in [6, 6.07) is 3.82. The molecule has 0 aliphatic rings. The second kappa shape index (κ2) is 7.54. The van der Waals surface area contributed by atoms with Gasteiger partial charge in [-0.15, -0.1) is 0 Å². The van der Waals surface area contributed by atoms with Crippen LogP contribution in [0, 0.1) is 11.8 Å². The molecule has 0 atom stereocenters. The molecule has 0 aliphatic carbocycles. The lowest BCUT2D eigenvalue weighted by Gasteiger charge is -2.25. The number of hydrogen-bond acceptors (Lipinski definition) is 2. The van der Waals surface area contributed by atoms with Crippen molar-refractivity contribution >= 4 is 28.5 Å². The van der Waals surface area contributed by atoms with Crippen LogP contribution in [0.1, 0.15) is 38.2 Å². The largest absolute Gasteiger partial charge is 0.357 e. The molecule has 0 aromatic carbocycles. The fourth-order valence-corrected chi connectivity index (χ4v) is 3.49. The van der Waals surface area contributed by atoms with Gasteiger partial charge in [0.2, 0.25) is 0 Å². The van der Waals surface area contributed by atoms with Gasteiger partial charge >= 0.3 is 0 Å². The van der Waals surface area contributed by atoms with Crippen LogP contribution in [0.5, 0.6) is 0 Å². The molecule has 0 aliphatic heterocycles. The average Bonchev–Trinajstić information content (AvgIpc) is 3.21. The highest BCUT2D eigenvalue weighted by molar-refractivity contribution is 6.34. The first-order valence-corrected chi connectivity index (χ1v) is 9.34. The number of halogens is 1. The second-order valence-corrected chi connectivity index (χ2v) is 7.93. The average molecular weight is 373 g/mol. The molecule has 1 amide bonds. The van der Waals surface area contributed by atoms with Gasteiger partial charge in [-0.05, 0) is 24.0 Å². The van der Waals surface area contributed by atoms with Crippen LogP contribution in [0.25, 0.3) is 22.2 Å². The number of amides is 1. The van der Waals surface area contributed by atoms with Crippen LogP contribution in [0.3, 0.4) is 0 Å². The van der Waals surface area contributed by atoms with Crippen molar-refractivity contribution < 1.29 is 4.79 Å². The van der Waals surface area contributed by atoms with Crippen molar-refractivity contribution in [3.05, 3.63) is 41.4 Å². The molecule has 0 saturated heterocycles. The molecule has 26 heavy (non-hydrogen) atoms. The number of nitrogens with one attached hydrogen (secondary N) is 2. The van der Waals surface area contributed by atoms with Crippen molar-refractivity contribution in [1.29, 1.82) is 0 Å². The molecule has 6 heteroatoms. The van der Waals surface area contributed by atoms with Crippen molar-refractivity contribution in [1.82, 2.24) is 19.9 Å². The third kappa shape index (κ3) is 3.78. The Hall–Kier alpha value is -2.27. The lowest BCUT2D eigenvalue weighted by molar-refractivity contribution is 0.0710.